The lowest BCUT2D eigenvalue weighted by atomic mass is 10.1. The van der Waals surface area contributed by atoms with Crippen LogP contribution in [0.15, 0.2) is 42.7 Å². The summed E-state index contributed by atoms with van der Waals surface area (Å²) < 4.78 is 26.5. The van der Waals surface area contributed by atoms with Crippen molar-refractivity contribution in [2.24, 2.45) is 0 Å². The van der Waals surface area contributed by atoms with Crippen molar-refractivity contribution in [3.05, 3.63) is 65.5 Å². The molecule has 0 aliphatic heterocycles. The lowest BCUT2D eigenvalue weighted by molar-refractivity contribution is 0.0938. The number of aromatic nitrogens is 1. The van der Waals surface area contributed by atoms with Crippen molar-refractivity contribution in [2.45, 2.75) is 6.54 Å². The zero-order valence-electron chi connectivity index (χ0n) is 11.0. The molecule has 0 spiro atoms. The smallest absolute Gasteiger partial charge is 0.179 e. The number of carbonyl (C=O) groups is 1. The molecule has 0 aliphatic rings. The normalized spacial score (nSPS) is 10.8. The van der Waals surface area contributed by atoms with Gasteiger partial charge in [-0.25, -0.2) is 8.78 Å². The van der Waals surface area contributed by atoms with E-state index in [1.807, 2.05) is 6.07 Å². The zero-order chi connectivity index (χ0) is 14.5. The van der Waals surface area contributed by atoms with Gasteiger partial charge in [-0.1, -0.05) is 6.07 Å². The van der Waals surface area contributed by atoms with E-state index in [-0.39, 0.29) is 12.1 Å². The maximum atomic E-state index is 13.5. The van der Waals surface area contributed by atoms with Gasteiger partial charge in [-0.05, 0) is 36.9 Å². The van der Waals surface area contributed by atoms with Crippen LogP contribution in [0.1, 0.15) is 15.9 Å². The highest BCUT2D eigenvalue weighted by atomic mass is 19.1. The van der Waals surface area contributed by atoms with Crippen molar-refractivity contribution in [1.82, 2.24) is 9.88 Å². The molecule has 2 rings (SSSR count). The van der Waals surface area contributed by atoms with E-state index in [4.69, 9.17) is 0 Å². The largest absolute Gasteiger partial charge is 0.295 e. The summed E-state index contributed by atoms with van der Waals surface area (Å²) in [5, 5.41) is 0. The van der Waals surface area contributed by atoms with Gasteiger partial charge < -0.3 is 0 Å². The van der Waals surface area contributed by atoms with Crippen LogP contribution in [0, 0.1) is 11.6 Å². The fraction of sp³-hybridized carbons (Fsp3) is 0.200. The Hall–Kier alpha value is -2.14. The van der Waals surface area contributed by atoms with Crippen molar-refractivity contribution >= 4 is 5.78 Å². The summed E-state index contributed by atoms with van der Waals surface area (Å²) in [6, 6.07) is 6.57. The predicted molar refractivity (Wildman–Crippen MR) is 71.3 cm³/mol. The van der Waals surface area contributed by atoms with Crippen molar-refractivity contribution < 1.29 is 13.6 Å². The molecule has 20 heavy (non-hydrogen) atoms. The standard InChI is InChI=1S/C15H14F2N2O/c1-19(9-11-3-2-6-18-8-11)10-15(20)13-7-12(16)4-5-14(13)17/h2-8H,9-10H2,1H3. The minimum atomic E-state index is -0.703. The molecule has 0 bridgehead atoms. The molecule has 0 fully saturated rings. The lowest BCUT2D eigenvalue weighted by Gasteiger charge is -2.15. The molecule has 0 saturated heterocycles. The van der Waals surface area contributed by atoms with Crippen LogP contribution in [0.4, 0.5) is 8.78 Å². The molecule has 5 heteroatoms. The minimum absolute atomic E-state index is 0.00919. The van der Waals surface area contributed by atoms with Gasteiger partial charge >= 0.3 is 0 Å². The number of pyridine rings is 1. The highest BCUT2D eigenvalue weighted by Gasteiger charge is 2.15. The Morgan fingerprint density at radius 3 is 2.80 bits per heavy atom. The maximum Gasteiger partial charge on any atom is 0.179 e. The van der Waals surface area contributed by atoms with E-state index in [1.54, 1.807) is 30.4 Å². The quantitative estimate of drug-likeness (QED) is 0.787. The van der Waals surface area contributed by atoms with Gasteiger partial charge in [0.05, 0.1) is 12.1 Å². The second kappa shape index (κ2) is 6.34. The molecule has 1 heterocycles. The monoisotopic (exact) mass is 276 g/mol. The number of nitrogens with zero attached hydrogens (tertiary/aromatic N) is 2. The van der Waals surface area contributed by atoms with Gasteiger partial charge in [-0.15, -0.1) is 0 Å². The van der Waals surface area contributed by atoms with E-state index >= 15 is 0 Å². The van der Waals surface area contributed by atoms with Crippen LogP contribution in [0.25, 0.3) is 0 Å². The van der Waals surface area contributed by atoms with E-state index in [1.165, 1.54) is 0 Å². The van der Waals surface area contributed by atoms with Crippen molar-refractivity contribution in [3.8, 4) is 0 Å². The van der Waals surface area contributed by atoms with Crippen LogP contribution in [-0.2, 0) is 6.54 Å². The Bertz CT molecular complexity index is 602. The summed E-state index contributed by atoms with van der Waals surface area (Å²) in [5.41, 5.74) is 0.727. The average molecular weight is 276 g/mol. The summed E-state index contributed by atoms with van der Waals surface area (Å²) in [7, 11) is 1.74. The number of likely N-dealkylation sites (N-methyl/N-ethyl adjacent to an activating group) is 1. The highest BCUT2D eigenvalue weighted by molar-refractivity contribution is 5.97. The van der Waals surface area contributed by atoms with E-state index in [2.05, 4.69) is 4.98 Å². The van der Waals surface area contributed by atoms with Crippen molar-refractivity contribution in [2.75, 3.05) is 13.6 Å². The molecule has 3 nitrogen and oxygen atoms in total. The molecule has 0 N–H and O–H groups in total. The van der Waals surface area contributed by atoms with Crippen LogP contribution in [0.2, 0.25) is 0 Å². The number of Topliss-reactive ketones (excluding diaryl/α,β-unsaturated/α-hetero) is 1. The van der Waals surface area contributed by atoms with E-state index in [0.717, 1.165) is 23.8 Å². The van der Waals surface area contributed by atoms with Crippen LogP contribution in [0.5, 0.6) is 0 Å². The SMILES string of the molecule is CN(CC(=O)c1cc(F)ccc1F)Cc1cccnc1. The molecule has 0 saturated carbocycles. The van der Waals surface area contributed by atoms with Gasteiger partial charge in [-0.2, -0.15) is 0 Å². The summed E-state index contributed by atoms with van der Waals surface area (Å²) >= 11 is 0. The van der Waals surface area contributed by atoms with Gasteiger partial charge in [0.2, 0.25) is 0 Å². The number of benzene rings is 1. The second-order valence-corrected chi connectivity index (χ2v) is 4.58. The summed E-state index contributed by atoms with van der Waals surface area (Å²) in [5.74, 6) is -1.77. The molecule has 1 aromatic carbocycles. The van der Waals surface area contributed by atoms with Gasteiger partial charge in [0.25, 0.3) is 0 Å². The first-order valence-electron chi connectivity index (χ1n) is 6.12. The Morgan fingerprint density at radius 1 is 1.30 bits per heavy atom. The van der Waals surface area contributed by atoms with E-state index < -0.39 is 17.4 Å². The van der Waals surface area contributed by atoms with Gasteiger partial charge in [0.15, 0.2) is 5.78 Å². The molecule has 104 valence electrons. The van der Waals surface area contributed by atoms with Gasteiger partial charge in [0.1, 0.15) is 11.6 Å². The second-order valence-electron chi connectivity index (χ2n) is 4.58. The first-order valence-corrected chi connectivity index (χ1v) is 6.12. The number of rotatable bonds is 5. The Balaban J connectivity index is 2.02. The molecular formula is C15H14F2N2O. The van der Waals surface area contributed by atoms with Gasteiger partial charge in [0, 0.05) is 18.9 Å². The summed E-state index contributed by atoms with van der Waals surface area (Å²) in [6.45, 7) is 0.520. The number of carbonyl (C=O) groups excluding carboxylic acids is 1. The number of hydrogen-bond acceptors (Lipinski definition) is 3. The molecule has 2 aromatic rings. The molecular weight excluding hydrogens is 262 g/mol. The van der Waals surface area contributed by atoms with E-state index in [9.17, 15) is 13.6 Å². The molecule has 1 aromatic heterocycles. The first-order chi connectivity index (χ1) is 9.56. The lowest BCUT2D eigenvalue weighted by Crippen LogP contribution is -2.26. The van der Waals surface area contributed by atoms with Crippen LogP contribution in [0.3, 0.4) is 0 Å². The average Bonchev–Trinajstić information content (AvgIpc) is 2.42. The predicted octanol–water partition coefficient (Wildman–Crippen LogP) is 2.67. The summed E-state index contributed by atoms with van der Waals surface area (Å²) in [4.78, 5) is 17.7. The molecule has 0 radical (unpaired) electrons. The maximum absolute atomic E-state index is 13.5. The van der Waals surface area contributed by atoms with Crippen molar-refractivity contribution in [3.63, 3.8) is 0 Å². The highest BCUT2D eigenvalue weighted by Crippen LogP contribution is 2.11. The summed E-state index contributed by atoms with van der Waals surface area (Å²) in [6.07, 6.45) is 3.36. The molecule has 0 atom stereocenters. The topological polar surface area (TPSA) is 33.2 Å². The fourth-order valence-electron chi connectivity index (χ4n) is 1.90. The van der Waals surface area contributed by atoms with Crippen LogP contribution in [-0.4, -0.2) is 29.3 Å². The third-order valence-corrected chi connectivity index (χ3v) is 2.82. The zero-order valence-corrected chi connectivity index (χ0v) is 11.0. The van der Waals surface area contributed by atoms with Crippen LogP contribution >= 0.6 is 0 Å². The molecule has 0 amide bonds. The Kier molecular flexibility index (Phi) is 4.53. The fourth-order valence-corrected chi connectivity index (χ4v) is 1.90. The first kappa shape index (κ1) is 14.3. The van der Waals surface area contributed by atoms with Crippen molar-refractivity contribution in [1.29, 1.82) is 0 Å². The Morgan fingerprint density at radius 2 is 2.10 bits per heavy atom. The number of ketones is 1. The number of halogens is 2. The minimum Gasteiger partial charge on any atom is -0.295 e. The molecule has 0 unspecified atom stereocenters. The van der Waals surface area contributed by atoms with Gasteiger partial charge in [-0.3, -0.25) is 14.7 Å². The number of hydrogen-bond donors (Lipinski definition) is 0. The third kappa shape index (κ3) is 3.68. The molecule has 0 aliphatic carbocycles. The third-order valence-electron chi connectivity index (χ3n) is 2.82. The van der Waals surface area contributed by atoms with Crippen LogP contribution < -0.4 is 0 Å². The van der Waals surface area contributed by atoms with E-state index in [0.29, 0.717) is 6.54 Å². The Labute approximate surface area is 115 Å².